The fourth-order valence-electron chi connectivity index (χ4n) is 2.62. The van der Waals surface area contributed by atoms with Crippen LogP contribution in [0.4, 0.5) is 5.69 Å². The Hall–Kier alpha value is -0.110. The van der Waals surface area contributed by atoms with E-state index in [9.17, 15) is 0 Å². The lowest BCUT2D eigenvalue weighted by molar-refractivity contribution is 0.253. The van der Waals surface area contributed by atoms with E-state index in [1.165, 1.54) is 19.3 Å². The van der Waals surface area contributed by atoms with Crippen molar-refractivity contribution in [3.63, 3.8) is 0 Å². The Balaban J connectivity index is 2.16. The van der Waals surface area contributed by atoms with Crippen molar-refractivity contribution >= 4 is 40.5 Å². The van der Waals surface area contributed by atoms with Crippen LogP contribution in [0.1, 0.15) is 33.1 Å². The zero-order valence-electron chi connectivity index (χ0n) is 10.6. The van der Waals surface area contributed by atoms with Crippen LogP contribution in [-0.4, -0.2) is 6.04 Å². The first-order valence-electron chi connectivity index (χ1n) is 6.40. The summed E-state index contributed by atoms with van der Waals surface area (Å²) < 4.78 is 0. The fraction of sp³-hybridized carbons (Fsp3) is 0.571. The van der Waals surface area contributed by atoms with E-state index in [-0.39, 0.29) is 0 Å². The van der Waals surface area contributed by atoms with Gasteiger partial charge in [0.1, 0.15) is 0 Å². The third-order valence-electron chi connectivity index (χ3n) is 4.06. The first-order valence-corrected chi connectivity index (χ1v) is 7.53. The van der Waals surface area contributed by atoms with Crippen LogP contribution in [0.2, 0.25) is 15.1 Å². The van der Waals surface area contributed by atoms with E-state index in [1.807, 2.05) is 6.07 Å². The van der Waals surface area contributed by atoms with Gasteiger partial charge in [-0.1, -0.05) is 61.5 Å². The SMILES string of the molecule is CC1CCCC(Nc2cc(Cl)c(Cl)cc2Cl)C1C. The van der Waals surface area contributed by atoms with Gasteiger partial charge in [-0.05, 0) is 30.4 Å². The van der Waals surface area contributed by atoms with Crippen molar-refractivity contribution in [1.29, 1.82) is 0 Å². The summed E-state index contributed by atoms with van der Waals surface area (Å²) >= 11 is 18.2. The fourth-order valence-corrected chi connectivity index (χ4v) is 3.22. The molecule has 0 spiro atoms. The average molecular weight is 307 g/mol. The van der Waals surface area contributed by atoms with Crippen LogP contribution >= 0.6 is 34.8 Å². The van der Waals surface area contributed by atoms with Crippen molar-refractivity contribution < 1.29 is 0 Å². The summed E-state index contributed by atoms with van der Waals surface area (Å²) in [6, 6.07) is 3.98. The number of halogens is 3. The summed E-state index contributed by atoms with van der Waals surface area (Å²) in [5.41, 5.74) is 0.886. The second-order valence-corrected chi connectivity index (χ2v) is 6.49. The number of benzene rings is 1. The third-order valence-corrected chi connectivity index (χ3v) is 5.09. The van der Waals surface area contributed by atoms with Gasteiger partial charge in [0.2, 0.25) is 0 Å². The van der Waals surface area contributed by atoms with Crippen LogP contribution in [0.5, 0.6) is 0 Å². The van der Waals surface area contributed by atoms with Crippen LogP contribution in [0.3, 0.4) is 0 Å². The molecule has 2 rings (SSSR count). The van der Waals surface area contributed by atoms with Gasteiger partial charge in [0.15, 0.2) is 0 Å². The molecule has 3 atom stereocenters. The van der Waals surface area contributed by atoms with Gasteiger partial charge in [-0.15, -0.1) is 0 Å². The molecular weight excluding hydrogens is 289 g/mol. The maximum atomic E-state index is 6.20. The maximum Gasteiger partial charge on any atom is 0.0653 e. The Labute approximate surface area is 124 Å². The van der Waals surface area contributed by atoms with Gasteiger partial charge in [0.05, 0.1) is 20.8 Å². The van der Waals surface area contributed by atoms with Gasteiger partial charge in [-0.3, -0.25) is 0 Å². The smallest absolute Gasteiger partial charge is 0.0653 e. The predicted octanol–water partition coefficient (Wildman–Crippen LogP) is 5.88. The highest BCUT2D eigenvalue weighted by atomic mass is 35.5. The highest BCUT2D eigenvalue weighted by Crippen LogP contribution is 2.36. The summed E-state index contributed by atoms with van der Waals surface area (Å²) in [5, 5.41) is 5.20. The monoisotopic (exact) mass is 305 g/mol. The topological polar surface area (TPSA) is 12.0 Å². The minimum atomic E-state index is 0.462. The van der Waals surface area contributed by atoms with Crippen molar-refractivity contribution in [3.05, 3.63) is 27.2 Å². The van der Waals surface area contributed by atoms with Crippen LogP contribution in [0, 0.1) is 11.8 Å². The Morgan fingerprint density at radius 2 is 1.67 bits per heavy atom. The molecule has 0 bridgehead atoms. The molecule has 0 radical (unpaired) electrons. The van der Waals surface area contributed by atoms with E-state index in [2.05, 4.69) is 19.2 Å². The van der Waals surface area contributed by atoms with Crippen LogP contribution in [-0.2, 0) is 0 Å². The van der Waals surface area contributed by atoms with Gasteiger partial charge in [0, 0.05) is 6.04 Å². The van der Waals surface area contributed by atoms with E-state index in [0.717, 1.165) is 11.6 Å². The third kappa shape index (κ3) is 3.07. The summed E-state index contributed by atoms with van der Waals surface area (Å²) in [5.74, 6) is 1.39. The molecule has 0 saturated heterocycles. The van der Waals surface area contributed by atoms with E-state index in [1.54, 1.807) is 6.07 Å². The molecule has 1 N–H and O–H groups in total. The molecule has 1 nitrogen and oxygen atoms in total. The molecule has 1 aliphatic rings. The van der Waals surface area contributed by atoms with Crippen molar-refractivity contribution in [2.45, 2.75) is 39.2 Å². The second kappa shape index (κ2) is 5.90. The van der Waals surface area contributed by atoms with Gasteiger partial charge in [0.25, 0.3) is 0 Å². The van der Waals surface area contributed by atoms with E-state index in [0.29, 0.717) is 27.0 Å². The largest absolute Gasteiger partial charge is 0.381 e. The molecule has 1 aliphatic carbocycles. The number of hydrogen-bond donors (Lipinski definition) is 1. The number of rotatable bonds is 2. The predicted molar refractivity (Wildman–Crippen MR) is 81.1 cm³/mol. The zero-order chi connectivity index (χ0) is 13.3. The van der Waals surface area contributed by atoms with Crippen LogP contribution in [0.15, 0.2) is 12.1 Å². The highest BCUT2D eigenvalue weighted by Gasteiger charge is 2.27. The molecule has 4 heteroatoms. The zero-order valence-corrected chi connectivity index (χ0v) is 12.9. The Bertz CT molecular complexity index is 433. The summed E-state index contributed by atoms with van der Waals surface area (Å²) in [6.45, 7) is 4.61. The average Bonchev–Trinajstić information content (AvgIpc) is 2.32. The molecule has 1 fully saturated rings. The lowest BCUT2D eigenvalue weighted by atomic mass is 9.78. The molecule has 1 saturated carbocycles. The molecule has 100 valence electrons. The number of nitrogens with one attached hydrogen (secondary N) is 1. The molecule has 3 unspecified atom stereocenters. The molecule has 0 aromatic heterocycles. The van der Waals surface area contributed by atoms with Crippen molar-refractivity contribution in [3.8, 4) is 0 Å². The summed E-state index contributed by atoms with van der Waals surface area (Å²) in [6.07, 6.45) is 3.76. The summed E-state index contributed by atoms with van der Waals surface area (Å²) in [7, 11) is 0. The van der Waals surface area contributed by atoms with Gasteiger partial charge in [-0.2, -0.15) is 0 Å². The van der Waals surface area contributed by atoms with Crippen molar-refractivity contribution in [1.82, 2.24) is 0 Å². The van der Waals surface area contributed by atoms with Gasteiger partial charge in [-0.25, -0.2) is 0 Å². The van der Waals surface area contributed by atoms with Gasteiger partial charge >= 0.3 is 0 Å². The molecule has 18 heavy (non-hydrogen) atoms. The molecule has 1 aromatic rings. The number of hydrogen-bond acceptors (Lipinski definition) is 1. The molecule has 0 aliphatic heterocycles. The normalized spacial score (nSPS) is 28.2. The quantitative estimate of drug-likeness (QED) is 0.672. The van der Waals surface area contributed by atoms with E-state index in [4.69, 9.17) is 34.8 Å². The van der Waals surface area contributed by atoms with E-state index < -0.39 is 0 Å². The van der Waals surface area contributed by atoms with Crippen molar-refractivity contribution in [2.24, 2.45) is 11.8 Å². The van der Waals surface area contributed by atoms with Crippen LogP contribution < -0.4 is 5.32 Å². The molecule has 1 aromatic carbocycles. The maximum absolute atomic E-state index is 6.20. The van der Waals surface area contributed by atoms with Crippen molar-refractivity contribution in [2.75, 3.05) is 5.32 Å². The van der Waals surface area contributed by atoms with E-state index >= 15 is 0 Å². The first kappa shape index (κ1) is 14.3. The minimum Gasteiger partial charge on any atom is -0.381 e. The Morgan fingerprint density at radius 1 is 1.00 bits per heavy atom. The second-order valence-electron chi connectivity index (χ2n) is 5.26. The van der Waals surface area contributed by atoms with Crippen LogP contribution in [0.25, 0.3) is 0 Å². The lowest BCUT2D eigenvalue weighted by Crippen LogP contribution is -2.35. The Kier molecular flexibility index (Phi) is 4.69. The minimum absolute atomic E-state index is 0.462. The Morgan fingerprint density at radius 3 is 2.39 bits per heavy atom. The first-order chi connectivity index (χ1) is 8.49. The number of anilines is 1. The lowest BCUT2D eigenvalue weighted by Gasteiger charge is -2.35. The highest BCUT2D eigenvalue weighted by molar-refractivity contribution is 6.44. The standard InChI is InChI=1S/C14H18Cl3N/c1-8-4-3-5-13(9(8)2)18-14-7-11(16)10(15)6-12(14)17/h6-9,13,18H,3-5H2,1-2H3. The molecular formula is C14H18Cl3N. The molecule has 0 amide bonds. The van der Waals surface area contributed by atoms with Gasteiger partial charge < -0.3 is 5.32 Å². The molecule has 0 heterocycles. The summed E-state index contributed by atoms with van der Waals surface area (Å²) in [4.78, 5) is 0.